The molecule has 1 unspecified atom stereocenters. The predicted octanol–water partition coefficient (Wildman–Crippen LogP) is 2.97. The van der Waals surface area contributed by atoms with Gasteiger partial charge in [0.05, 0.1) is 23.9 Å². The van der Waals surface area contributed by atoms with Crippen LogP contribution in [0.3, 0.4) is 0 Å². The zero-order valence-corrected chi connectivity index (χ0v) is 11.5. The van der Waals surface area contributed by atoms with Crippen LogP contribution in [0, 0.1) is 0 Å². The van der Waals surface area contributed by atoms with E-state index in [-0.39, 0.29) is 16.8 Å². The number of carbonyl (C=O) groups excluding carboxylic acids is 1. The first-order valence-electron chi connectivity index (χ1n) is 5.29. The van der Waals surface area contributed by atoms with Crippen molar-refractivity contribution in [1.82, 2.24) is 5.32 Å². The van der Waals surface area contributed by atoms with Crippen LogP contribution < -0.4 is 10.6 Å². The molecule has 1 rings (SSSR count). The summed E-state index contributed by atoms with van der Waals surface area (Å²) in [6.45, 7) is 1.35. The molecule has 0 heterocycles. The number of rotatable bonds is 3. The van der Waals surface area contributed by atoms with Crippen LogP contribution in [0.2, 0.25) is 0 Å². The van der Waals surface area contributed by atoms with Crippen LogP contribution >= 0.6 is 15.9 Å². The lowest BCUT2D eigenvalue weighted by atomic mass is 10.2. The van der Waals surface area contributed by atoms with Crippen LogP contribution in [0.15, 0.2) is 22.7 Å². The molecule has 2 amide bonds. The van der Waals surface area contributed by atoms with Crippen molar-refractivity contribution >= 4 is 27.6 Å². The fraction of sp³-hybridized carbons (Fsp3) is 0.364. The molecule has 0 spiro atoms. The average molecular weight is 341 g/mol. The Morgan fingerprint density at radius 2 is 2.11 bits per heavy atom. The van der Waals surface area contributed by atoms with Gasteiger partial charge in [0.25, 0.3) is 0 Å². The summed E-state index contributed by atoms with van der Waals surface area (Å²) in [5.74, 6) is 0. The Morgan fingerprint density at radius 1 is 1.47 bits per heavy atom. The average Bonchev–Trinajstić information content (AvgIpc) is 2.30. The van der Waals surface area contributed by atoms with Gasteiger partial charge in [0.15, 0.2) is 0 Å². The summed E-state index contributed by atoms with van der Waals surface area (Å²) in [6, 6.07) is 1.84. The maximum Gasteiger partial charge on any atom is 0.416 e. The number of anilines is 1. The summed E-state index contributed by atoms with van der Waals surface area (Å²) in [5.41, 5.74) is -0.607. The molecule has 0 bridgehead atoms. The van der Waals surface area contributed by atoms with Gasteiger partial charge in [0.2, 0.25) is 0 Å². The maximum absolute atomic E-state index is 12.4. The predicted molar refractivity (Wildman–Crippen MR) is 67.8 cm³/mol. The Labute approximate surface area is 116 Å². The van der Waals surface area contributed by atoms with E-state index >= 15 is 0 Å². The number of aliphatic hydroxyl groups excluding tert-OH is 1. The molecule has 0 radical (unpaired) electrons. The summed E-state index contributed by atoms with van der Waals surface area (Å²) >= 11 is 2.96. The molecule has 106 valence electrons. The molecule has 0 aromatic heterocycles. The highest BCUT2D eigenvalue weighted by Gasteiger charge is 2.30. The number of hydrogen-bond acceptors (Lipinski definition) is 2. The first kappa shape index (κ1) is 15.8. The molecular formula is C11H12BrF3N2O2. The quantitative estimate of drug-likeness (QED) is 0.792. The van der Waals surface area contributed by atoms with E-state index in [2.05, 4.69) is 26.6 Å². The number of hydrogen-bond donors (Lipinski definition) is 3. The minimum Gasteiger partial charge on any atom is -0.394 e. The zero-order valence-electron chi connectivity index (χ0n) is 9.88. The van der Waals surface area contributed by atoms with Crippen LogP contribution in [-0.4, -0.2) is 23.8 Å². The molecule has 0 aliphatic rings. The second kappa shape index (κ2) is 6.25. The standard InChI is InChI=1S/C11H12BrF3N2O2/c1-6(5-18)16-10(19)17-9-3-2-7(4-8(9)12)11(13,14)15/h2-4,6,18H,5H2,1H3,(H2,16,17,19). The molecule has 19 heavy (non-hydrogen) atoms. The van der Waals surface area contributed by atoms with Gasteiger partial charge in [-0.2, -0.15) is 13.2 Å². The van der Waals surface area contributed by atoms with Gasteiger partial charge in [-0.3, -0.25) is 0 Å². The first-order chi connectivity index (χ1) is 8.74. The van der Waals surface area contributed by atoms with E-state index in [1.165, 1.54) is 0 Å². The van der Waals surface area contributed by atoms with Crippen LogP contribution in [-0.2, 0) is 6.18 Å². The molecule has 1 atom stereocenters. The van der Waals surface area contributed by atoms with Gasteiger partial charge in [0, 0.05) is 4.47 Å². The molecular weight excluding hydrogens is 329 g/mol. The lowest BCUT2D eigenvalue weighted by molar-refractivity contribution is -0.137. The van der Waals surface area contributed by atoms with Gasteiger partial charge in [0.1, 0.15) is 0 Å². The second-order valence-electron chi connectivity index (χ2n) is 3.87. The number of halogens is 4. The number of carbonyl (C=O) groups is 1. The van der Waals surface area contributed by atoms with Gasteiger partial charge in [-0.25, -0.2) is 4.79 Å². The van der Waals surface area contributed by atoms with Crippen LogP contribution in [0.1, 0.15) is 12.5 Å². The number of amides is 2. The number of benzene rings is 1. The van der Waals surface area contributed by atoms with Crippen molar-refractivity contribution in [1.29, 1.82) is 0 Å². The zero-order chi connectivity index (χ0) is 14.6. The molecule has 0 aliphatic carbocycles. The van der Waals surface area contributed by atoms with E-state index in [0.717, 1.165) is 18.2 Å². The third-order valence-corrected chi connectivity index (χ3v) is 2.85. The lowest BCUT2D eigenvalue weighted by Crippen LogP contribution is -2.38. The van der Waals surface area contributed by atoms with E-state index in [1.54, 1.807) is 6.92 Å². The van der Waals surface area contributed by atoms with Crippen molar-refractivity contribution in [2.45, 2.75) is 19.1 Å². The van der Waals surface area contributed by atoms with Gasteiger partial charge in [-0.1, -0.05) is 0 Å². The van der Waals surface area contributed by atoms with Crippen molar-refractivity contribution in [2.24, 2.45) is 0 Å². The highest BCUT2D eigenvalue weighted by molar-refractivity contribution is 9.10. The van der Waals surface area contributed by atoms with E-state index < -0.39 is 23.8 Å². The Bertz CT molecular complexity index is 466. The van der Waals surface area contributed by atoms with Crippen molar-refractivity contribution in [3.8, 4) is 0 Å². The van der Waals surface area contributed by atoms with E-state index in [1.807, 2.05) is 0 Å². The Balaban J connectivity index is 2.78. The fourth-order valence-electron chi connectivity index (χ4n) is 1.22. The molecule has 1 aromatic rings. The number of aliphatic hydroxyl groups is 1. The largest absolute Gasteiger partial charge is 0.416 e. The summed E-state index contributed by atoms with van der Waals surface area (Å²) in [7, 11) is 0. The normalized spacial score (nSPS) is 12.9. The number of urea groups is 1. The van der Waals surface area contributed by atoms with Crippen molar-refractivity contribution in [3.63, 3.8) is 0 Å². The molecule has 0 aliphatic heterocycles. The minimum absolute atomic E-state index is 0.120. The van der Waals surface area contributed by atoms with Crippen molar-refractivity contribution < 1.29 is 23.1 Å². The van der Waals surface area contributed by atoms with Gasteiger partial charge in [-0.15, -0.1) is 0 Å². The van der Waals surface area contributed by atoms with Crippen LogP contribution in [0.25, 0.3) is 0 Å². The third-order valence-electron chi connectivity index (χ3n) is 2.20. The lowest BCUT2D eigenvalue weighted by Gasteiger charge is -2.14. The van der Waals surface area contributed by atoms with E-state index in [4.69, 9.17) is 5.11 Å². The molecule has 0 saturated heterocycles. The fourth-order valence-corrected chi connectivity index (χ4v) is 1.70. The summed E-state index contributed by atoms with van der Waals surface area (Å²) in [4.78, 5) is 11.4. The topological polar surface area (TPSA) is 61.4 Å². The molecule has 8 heteroatoms. The Kier molecular flexibility index (Phi) is 5.19. The smallest absolute Gasteiger partial charge is 0.394 e. The van der Waals surface area contributed by atoms with Gasteiger partial charge >= 0.3 is 12.2 Å². The van der Waals surface area contributed by atoms with Gasteiger partial charge in [-0.05, 0) is 41.1 Å². The third kappa shape index (κ3) is 4.71. The molecule has 1 aromatic carbocycles. The highest BCUT2D eigenvalue weighted by Crippen LogP contribution is 2.33. The number of alkyl halides is 3. The second-order valence-corrected chi connectivity index (χ2v) is 4.73. The summed E-state index contributed by atoms with van der Waals surface area (Å²) in [5, 5.41) is 13.5. The highest BCUT2D eigenvalue weighted by atomic mass is 79.9. The Hall–Kier alpha value is -1.28. The Morgan fingerprint density at radius 3 is 2.58 bits per heavy atom. The molecule has 4 nitrogen and oxygen atoms in total. The number of nitrogens with one attached hydrogen (secondary N) is 2. The van der Waals surface area contributed by atoms with Crippen LogP contribution in [0.5, 0.6) is 0 Å². The molecule has 0 saturated carbocycles. The van der Waals surface area contributed by atoms with Gasteiger partial charge < -0.3 is 15.7 Å². The van der Waals surface area contributed by atoms with Crippen LogP contribution in [0.4, 0.5) is 23.7 Å². The molecule has 3 N–H and O–H groups in total. The summed E-state index contributed by atoms with van der Waals surface area (Å²) < 4.78 is 37.4. The van der Waals surface area contributed by atoms with Crippen molar-refractivity contribution in [3.05, 3.63) is 28.2 Å². The van der Waals surface area contributed by atoms with E-state index in [0.29, 0.717) is 0 Å². The monoisotopic (exact) mass is 340 g/mol. The first-order valence-corrected chi connectivity index (χ1v) is 6.08. The van der Waals surface area contributed by atoms with E-state index in [9.17, 15) is 18.0 Å². The minimum atomic E-state index is -4.44. The van der Waals surface area contributed by atoms with Crippen molar-refractivity contribution in [2.75, 3.05) is 11.9 Å². The molecule has 0 fully saturated rings. The maximum atomic E-state index is 12.4. The summed E-state index contributed by atoms with van der Waals surface area (Å²) in [6.07, 6.45) is -4.44. The SMILES string of the molecule is CC(CO)NC(=O)Nc1ccc(C(F)(F)F)cc1Br.